The van der Waals surface area contributed by atoms with Crippen molar-refractivity contribution in [1.29, 1.82) is 0 Å². The van der Waals surface area contributed by atoms with E-state index in [0.717, 1.165) is 81.3 Å². The standard InChI is InChI=1S/C21H29N5O2/c1-15(14-25-10-12-28-13-11-25)21(27)26-8-5-17(6-9-26)19-18-4-3-7-22-20(18)24-16(2)23-19/h3-4,7,15,17H,5-6,8-14H2,1-2H3. The summed E-state index contributed by atoms with van der Waals surface area (Å²) in [5, 5.41) is 1.04. The van der Waals surface area contributed by atoms with Gasteiger partial charge in [0.1, 0.15) is 5.82 Å². The van der Waals surface area contributed by atoms with Crippen molar-refractivity contribution >= 4 is 16.9 Å². The molecule has 2 aliphatic heterocycles. The Morgan fingerprint density at radius 3 is 2.71 bits per heavy atom. The second kappa shape index (κ2) is 8.49. The first-order valence-corrected chi connectivity index (χ1v) is 10.3. The summed E-state index contributed by atoms with van der Waals surface area (Å²) in [5.74, 6) is 1.42. The largest absolute Gasteiger partial charge is 0.379 e. The number of rotatable bonds is 4. The lowest BCUT2D eigenvalue weighted by Crippen LogP contribution is -2.46. The molecule has 1 amide bonds. The number of fused-ring (bicyclic) bond motifs is 1. The molecule has 1 atom stereocenters. The predicted molar refractivity (Wildman–Crippen MR) is 107 cm³/mol. The SMILES string of the molecule is Cc1nc(C2CCN(C(=O)C(C)CN3CCOCC3)CC2)c2cccnc2n1. The molecular weight excluding hydrogens is 354 g/mol. The Hall–Kier alpha value is -2.12. The van der Waals surface area contributed by atoms with Crippen LogP contribution in [0.3, 0.4) is 0 Å². The van der Waals surface area contributed by atoms with Crippen molar-refractivity contribution in [3.8, 4) is 0 Å². The van der Waals surface area contributed by atoms with Gasteiger partial charge in [-0.05, 0) is 31.9 Å². The van der Waals surface area contributed by atoms with Gasteiger partial charge >= 0.3 is 0 Å². The zero-order chi connectivity index (χ0) is 19.5. The lowest BCUT2D eigenvalue weighted by atomic mass is 9.91. The lowest BCUT2D eigenvalue weighted by Gasteiger charge is -2.35. The van der Waals surface area contributed by atoms with Crippen LogP contribution in [0.5, 0.6) is 0 Å². The summed E-state index contributed by atoms with van der Waals surface area (Å²) in [7, 11) is 0. The van der Waals surface area contributed by atoms with Crippen molar-refractivity contribution in [1.82, 2.24) is 24.8 Å². The highest BCUT2D eigenvalue weighted by Crippen LogP contribution is 2.31. The molecule has 0 aromatic carbocycles. The van der Waals surface area contributed by atoms with Crippen LogP contribution in [0.25, 0.3) is 11.0 Å². The maximum absolute atomic E-state index is 12.9. The van der Waals surface area contributed by atoms with Crippen molar-refractivity contribution < 1.29 is 9.53 Å². The minimum Gasteiger partial charge on any atom is -0.379 e. The Morgan fingerprint density at radius 2 is 1.96 bits per heavy atom. The first-order chi connectivity index (χ1) is 13.6. The number of aromatic nitrogens is 3. The molecule has 2 aromatic heterocycles. The number of hydrogen-bond donors (Lipinski definition) is 0. The lowest BCUT2D eigenvalue weighted by molar-refractivity contribution is -0.137. The molecule has 0 aliphatic carbocycles. The molecular formula is C21H29N5O2. The number of ether oxygens (including phenoxy) is 1. The zero-order valence-corrected chi connectivity index (χ0v) is 16.8. The van der Waals surface area contributed by atoms with Gasteiger partial charge in [0.15, 0.2) is 5.65 Å². The maximum Gasteiger partial charge on any atom is 0.226 e. The number of amides is 1. The van der Waals surface area contributed by atoms with E-state index < -0.39 is 0 Å². The molecule has 0 bridgehead atoms. The Bertz CT molecular complexity index is 829. The van der Waals surface area contributed by atoms with E-state index in [9.17, 15) is 4.79 Å². The molecule has 0 saturated carbocycles. The fourth-order valence-electron chi connectivity index (χ4n) is 4.34. The topological polar surface area (TPSA) is 71.5 Å². The second-order valence-electron chi connectivity index (χ2n) is 7.94. The molecule has 28 heavy (non-hydrogen) atoms. The third-order valence-electron chi connectivity index (χ3n) is 5.86. The van der Waals surface area contributed by atoms with Crippen LogP contribution in [0, 0.1) is 12.8 Å². The molecule has 0 N–H and O–H groups in total. The number of morpholine rings is 1. The third kappa shape index (κ3) is 4.15. The van der Waals surface area contributed by atoms with Crippen molar-refractivity contribution in [2.45, 2.75) is 32.6 Å². The van der Waals surface area contributed by atoms with Gasteiger partial charge < -0.3 is 9.64 Å². The van der Waals surface area contributed by atoms with Crippen molar-refractivity contribution in [3.63, 3.8) is 0 Å². The van der Waals surface area contributed by atoms with Crippen LogP contribution in [0.4, 0.5) is 0 Å². The van der Waals surface area contributed by atoms with E-state index in [0.29, 0.717) is 5.92 Å². The molecule has 0 spiro atoms. The van der Waals surface area contributed by atoms with E-state index in [1.165, 1.54) is 0 Å². The number of piperidine rings is 1. The number of aryl methyl sites for hydroxylation is 1. The van der Waals surface area contributed by atoms with E-state index in [-0.39, 0.29) is 11.8 Å². The van der Waals surface area contributed by atoms with Gasteiger partial charge in [-0.1, -0.05) is 6.92 Å². The van der Waals surface area contributed by atoms with Crippen LogP contribution in [0.1, 0.15) is 37.2 Å². The molecule has 4 rings (SSSR count). The highest BCUT2D eigenvalue weighted by atomic mass is 16.5. The van der Waals surface area contributed by atoms with Crippen molar-refractivity contribution in [2.24, 2.45) is 5.92 Å². The normalized spacial score (nSPS) is 20.4. The molecule has 2 aromatic rings. The Kier molecular flexibility index (Phi) is 5.82. The Labute approximate surface area is 166 Å². The Morgan fingerprint density at radius 1 is 1.21 bits per heavy atom. The molecule has 2 saturated heterocycles. The maximum atomic E-state index is 12.9. The average molecular weight is 383 g/mol. The van der Waals surface area contributed by atoms with Crippen molar-refractivity contribution in [2.75, 3.05) is 45.9 Å². The molecule has 2 aliphatic rings. The summed E-state index contributed by atoms with van der Waals surface area (Å²) >= 11 is 0. The van der Waals surface area contributed by atoms with Gasteiger partial charge in [0.25, 0.3) is 0 Å². The first-order valence-electron chi connectivity index (χ1n) is 10.3. The monoisotopic (exact) mass is 383 g/mol. The second-order valence-corrected chi connectivity index (χ2v) is 7.94. The number of nitrogens with zero attached hydrogens (tertiary/aromatic N) is 5. The minimum atomic E-state index is 0.0287. The van der Waals surface area contributed by atoms with E-state index in [2.05, 4.69) is 27.9 Å². The van der Waals surface area contributed by atoms with Crippen LogP contribution >= 0.6 is 0 Å². The smallest absolute Gasteiger partial charge is 0.226 e. The van der Waals surface area contributed by atoms with Crippen LogP contribution in [0.15, 0.2) is 18.3 Å². The summed E-state index contributed by atoms with van der Waals surface area (Å²) in [6, 6.07) is 4.00. The molecule has 4 heterocycles. The summed E-state index contributed by atoms with van der Waals surface area (Å²) in [6.45, 7) is 9.77. The minimum absolute atomic E-state index is 0.0287. The van der Waals surface area contributed by atoms with Gasteiger partial charge in [-0.25, -0.2) is 15.0 Å². The average Bonchev–Trinajstić information content (AvgIpc) is 2.73. The summed E-state index contributed by atoms with van der Waals surface area (Å²) < 4.78 is 5.40. The van der Waals surface area contributed by atoms with Gasteiger partial charge in [0.05, 0.1) is 18.9 Å². The number of carbonyl (C=O) groups is 1. The number of pyridine rings is 1. The van der Waals surface area contributed by atoms with Crippen LogP contribution in [-0.2, 0) is 9.53 Å². The zero-order valence-electron chi connectivity index (χ0n) is 16.8. The number of hydrogen-bond acceptors (Lipinski definition) is 6. The molecule has 7 nitrogen and oxygen atoms in total. The molecule has 0 radical (unpaired) electrons. The Balaban J connectivity index is 1.39. The molecule has 1 unspecified atom stereocenters. The van der Waals surface area contributed by atoms with E-state index in [1.54, 1.807) is 6.20 Å². The molecule has 2 fully saturated rings. The van der Waals surface area contributed by atoms with Gasteiger partial charge in [0, 0.05) is 56.1 Å². The fraction of sp³-hybridized carbons (Fsp3) is 0.619. The van der Waals surface area contributed by atoms with Crippen LogP contribution in [0.2, 0.25) is 0 Å². The quantitative estimate of drug-likeness (QED) is 0.804. The van der Waals surface area contributed by atoms with Gasteiger partial charge in [-0.2, -0.15) is 0 Å². The number of carbonyl (C=O) groups excluding carboxylic acids is 1. The van der Waals surface area contributed by atoms with Crippen LogP contribution < -0.4 is 0 Å². The highest BCUT2D eigenvalue weighted by molar-refractivity contribution is 5.79. The van der Waals surface area contributed by atoms with Crippen LogP contribution in [-0.4, -0.2) is 76.6 Å². The number of likely N-dealkylation sites (tertiary alicyclic amines) is 1. The third-order valence-corrected chi connectivity index (χ3v) is 5.86. The molecule has 150 valence electrons. The fourth-order valence-corrected chi connectivity index (χ4v) is 4.34. The molecule has 7 heteroatoms. The summed E-state index contributed by atoms with van der Waals surface area (Å²) in [6.07, 6.45) is 3.66. The van der Waals surface area contributed by atoms with Gasteiger partial charge in [-0.3, -0.25) is 9.69 Å². The van der Waals surface area contributed by atoms with E-state index in [1.807, 2.05) is 17.9 Å². The highest BCUT2D eigenvalue weighted by Gasteiger charge is 2.29. The predicted octanol–water partition coefficient (Wildman–Crippen LogP) is 2.01. The summed E-state index contributed by atoms with van der Waals surface area (Å²) in [4.78, 5) is 30.9. The summed E-state index contributed by atoms with van der Waals surface area (Å²) in [5.41, 5.74) is 1.85. The van der Waals surface area contributed by atoms with Gasteiger partial charge in [0.2, 0.25) is 5.91 Å². The van der Waals surface area contributed by atoms with Crippen molar-refractivity contribution in [3.05, 3.63) is 29.8 Å². The first kappa shape index (κ1) is 19.2. The van der Waals surface area contributed by atoms with E-state index in [4.69, 9.17) is 9.72 Å². The van der Waals surface area contributed by atoms with Gasteiger partial charge in [-0.15, -0.1) is 0 Å². The van der Waals surface area contributed by atoms with E-state index >= 15 is 0 Å².